The van der Waals surface area contributed by atoms with Crippen molar-refractivity contribution in [3.8, 4) is 0 Å². The van der Waals surface area contributed by atoms with E-state index < -0.39 is 0 Å². The average Bonchev–Trinajstić information content (AvgIpc) is 3.08. The van der Waals surface area contributed by atoms with Gasteiger partial charge in [0, 0.05) is 6.54 Å². The summed E-state index contributed by atoms with van der Waals surface area (Å²) in [6.45, 7) is 5.51. The third kappa shape index (κ3) is 2.72. The van der Waals surface area contributed by atoms with Crippen molar-refractivity contribution in [2.45, 2.75) is 26.7 Å². The number of thiocarbonyl (C=S) groups is 1. The Bertz CT molecular complexity index is 409. The lowest BCUT2D eigenvalue weighted by Gasteiger charge is -2.20. The van der Waals surface area contributed by atoms with Crippen LogP contribution in [-0.4, -0.2) is 21.5 Å². The van der Waals surface area contributed by atoms with E-state index in [1.165, 1.54) is 12.8 Å². The molecule has 0 atom stereocenters. The van der Waals surface area contributed by atoms with Crippen molar-refractivity contribution < 1.29 is 0 Å². The van der Waals surface area contributed by atoms with E-state index in [1.54, 1.807) is 12.4 Å². The Labute approximate surface area is 107 Å². The second-order valence-electron chi connectivity index (χ2n) is 5.02. The van der Waals surface area contributed by atoms with Crippen LogP contribution in [0.15, 0.2) is 12.4 Å². The summed E-state index contributed by atoms with van der Waals surface area (Å²) in [6, 6.07) is 0. The Kier molecular flexibility index (Phi) is 3.28. The SMILES string of the molecule is CC(C)C1(CNc2cnc(C(N)=S)cn2)CC1. The first-order chi connectivity index (χ1) is 8.03. The van der Waals surface area contributed by atoms with E-state index in [9.17, 15) is 0 Å². The van der Waals surface area contributed by atoms with Crippen LogP contribution >= 0.6 is 12.2 Å². The van der Waals surface area contributed by atoms with Gasteiger partial charge < -0.3 is 11.1 Å². The quantitative estimate of drug-likeness (QED) is 0.782. The molecular formula is C12H18N4S. The molecule has 0 bridgehead atoms. The van der Waals surface area contributed by atoms with Crippen LogP contribution in [-0.2, 0) is 0 Å². The highest BCUT2D eigenvalue weighted by atomic mass is 32.1. The molecule has 1 heterocycles. The first kappa shape index (κ1) is 12.2. The fraction of sp³-hybridized carbons (Fsp3) is 0.583. The molecular weight excluding hydrogens is 232 g/mol. The molecule has 1 aromatic heterocycles. The van der Waals surface area contributed by atoms with E-state index in [4.69, 9.17) is 18.0 Å². The molecule has 1 fully saturated rings. The number of nitrogens with one attached hydrogen (secondary N) is 1. The van der Waals surface area contributed by atoms with Crippen LogP contribution in [0.1, 0.15) is 32.4 Å². The molecule has 92 valence electrons. The predicted octanol–water partition coefficient (Wildman–Crippen LogP) is 1.96. The molecule has 0 spiro atoms. The van der Waals surface area contributed by atoms with Gasteiger partial charge in [-0.2, -0.15) is 0 Å². The first-order valence-corrected chi connectivity index (χ1v) is 6.30. The van der Waals surface area contributed by atoms with E-state index in [0.717, 1.165) is 12.4 Å². The highest BCUT2D eigenvalue weighted by Crippen LogP contribution is 2.51. The summed E-state index contributed by atoms with van der Waals surface area (Å²) in [5, 5.41) is 3.34. The number of nitrogens with zero attached hydrogens (tertiary/aromatic N) is 2. The molecule has 4 nitrogen and oxygen atoms in total. The lowest BCUT2D eigenvalue weighted by atomic mass is 9.92. The molecule has 1 aliphatic rings. The van der Waals surface area contributed by atoms with Gasteiger partial charge in [0.2, 0.25) is 0 Å². The summed E-state index contributed by atoms with van der Waals surface area (Å²) < 4.78 is 0. The lowest BCUT2D eigenvalue weighted by Crippen LogP contribution is -2.21. The Morgan fingerprint density at radius 1 is 1.47 bits per heavy atom. The summed E-state index contributed by atoms with van der Waals surface area (Å²) in [4.78, 5) is 8.68. The van der Waals surface area contributed by atoms with E-state index in [1.807, 2.05) is 0 Å². The lowest BCUT2D eigenvalue weighted by molar-refractivity contribution is 0.380. The fourth-order valence-electron chi connectivity index (χ4n) is 1.93. The molecule has 0 amide bonds. The van der Waals surface area contributed by atoms with E-state index in [2.05, 4.69) is 29.1 Å². The number of hydrogen-bond donors (Lipinski definition) is 2. The van der Waals surface area contributed by atoms with Gasteiger partial charge in [-0.3, -0.25) is 0 Å². The zero-order valence-corrected chi connectivity index (χ0v) is 11.0. The molecule has 1 aromatic rings. The highest BCUT2D eigenvalue weighted by Gasteiger charge is 2.44. The molecule has 1 saturated carbocycles. The second kappa shape index (κ2) is 4.56. The third-order valence-corrected chi connectivity index (χ3v) is 3.85. The maximum Gasteiger partial charge on any atom is 0.144 e. The van der Waals surface area contributed by atoms with Crippen LogP contribution in [0.2, 0.25) is 0 Å². The zero-order valence-electron chi connectivity index (χ0n) is 10.2. The summed E-state index contributed by atoms with van der Waals surface area (Å²) in [5.41, 5.74) is 6.49. The number of aromatic nitrogens is 2. The van der Waals surface area contributed by atoms with Crippen molar-refractivity contribution in [1.29, 1.82) is 0 Å². The van der Waals surface area contributed by atoms with Crippen LogP contribution in [0, 0.1) is 11.3 Å². The summed E-state index contributed by atoms with van der Waals surface area (Å²) in [7, 11) is 0. The Morgan fingerprint density at radius 3 is 2.59 bits per heavy atom. The van der Waals surface area contributed by atoms with Crippen LogP contribution in [0.3, 0.4) is 0 Å². The van der Waals surface area contributed by atoms with Gasteiger partial charge >= 0.3 is 0 Å². The van der Waals surface area contributed by atoms with Gasteiger partial charge in [0.05, 0.1) is 12.4 Å². The largest absolute Gasteiger partial charge is 0.388 e. The maximum atomic E-state index is 5.47. The summed E-state index contributed by atoms with van der Waals surface area (Å²) in [6.07, 6.45) is 5.90. The number of anilines is 1. The van der Waals surface area contributed by atoms with Crippen molar-refractivity contribution in [2.75, 3.05) is 11.9 Å². The van der Waals surface area contributed by atoms with Crippen molar-refractivity contribution >= 4 is 23.0 Å². The van der Waals surface area contributed by atoms with E-state index in [0.29, 0.717) is 17.0 Å². The monoisotopic (exact) mass is 250 g/mol. The van der Waals surface area contributed by atoms with Gasteiger partial charge in [-0.25, -0.2) is 9.97 Å². The normalized spacial score (nSPS) is 16.9. The smallest absolute Gasteiger partial charge is 0.144 e. The molecule has 2 rings (SSSR count). The molecule has 0 radical (unpaired) electrons. The van der Waals surface area contributed by atoms with Crippen LogP contribution in [0.5, 0.6) is 0 Å². The van der Waals surface area contributed by atoms with Crippen LogP contribution < -0.4 is 11.1 Å². The Morgan fingerprint density at radius 2 is 2.18 bits per heavy atom. The molecule has 1 aliphatic carbocycles. The van der Waals surface area contributed by atoms with Gasteiger partial charge in [0.25, 0.3) is 0 Å². The van der Waals surface area contributed by atoms with Crippen molar-refractivity contribution in [1.82, 2.24) is 9.97 Å². The minimum Gasteiger partial charge on any atom is -0.388 e. The van der Waals surface area contributed by atoms with E-state index in [-0.39, 0.29) is 4.99 Å². The molecule has 0 unspecified atom stereocenters. The van der Waals surface area contributed by atoms with E-state index >= 15 is 0 Å². The van der Waals surface area contributed by atoms with Crippen molar-refractivity contribution in [3.05, 3.63) is 18.1 Å². The molecule has 0 aromatic carbocycles. The van der Waals surface area contributed by atoms with Crippen LogP contribution in [0.4, 0.5) is 5.82 Å². The van der Waals surface area contributed by atoms with Gasteiger partial charge in [-0.05, 0) is 24.2 Å². The number of hydrogen-bond acceptors (Lipinski definition) is 4. The average molecular weight is 250 g/mol. The second-order valence-corrected chi connectivity index (χ2v) is 5.46. The van der Waals surface area contributed by atoms with Gasteiger partial charge in [-0.1, -0.05) is 26.1 Å². The topological polar surface area (TPSA) is 63.8 Å². The standard InChI is InChI=1S/C12H18N4S/c1-8(2)12(3-4-12)7-16-10-6-14-9(5-15-10)11(13)17/h5-6,8H,3-4,7H2,1-2H3,(H2,13,17)(H,15,16). The minimum absolute atomic E-state index is 0.282. The highest BCUT2D eigenvalue weighted by molar-refractivity contribution is 7.80. The molecule has 0 saturated heterocycles. The molecule has 5 heteroatoms. The third-order valence-electron chi connectivity index (χ3n) is 3.64. The zero-order chi connectivity index (χ0) is 12.5. The van der Waals surface area contributed by atoms with Crippen molar-refractivity contribution in [2.24, 2.45) is 17.1 Å². The summed E-state index contributed by atoms with van der Waals surface area (Å²) >= 11 is 4.83. The molecule has 0 aliphatic heterocycles. The van der Waals surface area contributed by atoms with Gasteiger partial charge in [0.1, 0.15) is 16.5 Å². The van der Waals surface area contributed by atoms with Crippen molar-refractivity contribution in [3.63, 3.8) is 0 Å². The first-order valence-electron chi connectivity index (χ1n) is 5.89. The van der Waals surface area contributed by atoms with Crippen LogP contribution in [0.25, 0.3) is 0 Å². The summed E-state index contributed by atoms with van der Waals surface area (Å²) in [5.74, 6) is 1.50. The molecule has 17 heavy (non-hydrogen) atoms. The predicted molar refractivity (Wildman–Crippen MR) is 72.9 cm³/mol. The Hall–Kier alpha value is -1.23. The van der Waals surface area contributed by atoms with Gasteiger partial charge in [0.15, 0.2) is 0 Å². The van der Waals surface area contributed by atoms with Gasteiger partial charge in [-0.15, -0.1) is 0 Å². The minimum atomic E-state index is 0.282. The fourth-order valence-corrected chi connectivity index (χ4v) is 2.04. The number of rotatable bonds is 5. The molecule has 3 N–H and O–H groups in total. The number of nitrogens with two attached hydrogens (primary N) is 1. The Balaban J connectivity index is 1.94. The maximum absolute atomic E-state index is 5.47.